The van der Waals surface area contributed by atoms with Crippen LogP contribution in [0.5, 0.6) is 5.88 Å². The molecule has 0 bridgehead atoms. The lowest BCUT2D eigenvalue weighted by atomic mass is 10.1. The van der Waals surface area contributed by atoms with E-state index in [2.05, 4.69) is 10.2 Å². The van der Waals surface area contributed by atoms with Gasteiger partial charge in [0, 0.05) is 19.2 Å². The zero-order chi connectivity index (χ0) is 26.2. The van der Waals surface area contributed by atoms with Crippen molar-refractivity contribution < 1.29 is 27.5 Å². The Bertz CT molecular complexity index is 1520. The number of alkyl halides is 3. The van der Waals surface area contributed by atoms with E-state index in [1.807, 2.05) is 0 Å². The van der Waals surface area contributed by atoms with Crippen molar-refractivity contribution in [3.8, 4) is 11.6 Å². The first-order valence-corrected chi connectivity index (χ1v) is 10.8. The molecule has 4 aromatic rings. The minimum atomic E-state index is -4.84. The van der Waals surface area contributed by atoms with Crippen LogP contribution in [-0.4, -0.2) is 35.9 Å². The fraction of sp³-hybridized carbons (Fsp3) is 0.174. The van der Waals surface area contributed by atoms with Crippen LogP contribution in [0.2, 0.25) is 5.02 Å². The highest BCUT2D eigenvalue weighted by molar-refractivity contribution is 6.35. The van der Waals surface area contributed by atoms with Crippen LogP contribution in [0.25, 0.3) is 5.69 Å². The van der Waals surface area contributed by atoms with Crippen LogP contribution in [0.4, 0.5) is 13.2 Å². The quantitative estimate of drug-likeness (QED) is 0.283. The Morgan fingerprint density at radius 1 is 1.08 bits per heavy atom. The van der Waals surface area contributed by atoms with E-state index in [0.29, 0.717) is 15.8 Å². The number of rotatable bonds is 6. The molecule has 0 amide bonds. The minimum absolute atomic E-state index is 0.0481. The number of halogens is 4. The van der Waals surface area contributed by atoms with Crippen molar-refractivity contribution in [3.05, 3.63) is 92.7 Å². The van der Waals surface area contributed by atoms with Crippen LogP contribution in [-0.2, 0) is 19.8 Å². The fourth-order valence-corrected chi connectivity index (χ4v) is 3.66. The molecule has 0 N–H and O–H groups in total. The smallest absolute Gasteiger partial charge is 0.403 e. The van der Waals surface area contributed by atoms with Crippen LogP contribution >= 0.6 is 11.6 Å². The van der Waals surface area contributed by atoms with Gasteiger partial charge < -0.3 is 4.74 Å². The van der Waals surface area contributed by atoms with Crippen molar-refractivity contribution in [2.24, 2.45) is 7.05 Å². The SMILES string of the molecule is CCn1ncc(C(=O)c2ccc(-n3nc(C(F)(F)F)n(C)c3=O)cc2Cl)c1OC(=O)c1ccccc1. The fourth-order valence-electron chi connectivity index (χ4n) is 3.40. The molecule has 2 aromatic heterocycles. The Hall–Kier alpha value is -4.19. The number of aromatic nitrogens is 5. The van der Waals surface area contributed by atoms with Gasteiger partial charge in [-0.1, -0.05) is 29.8 Å². The number of esters is 1. The second-order valence-corrected chi connectivity index (χ2v) is 7.91. The summed E-state index contributed by atoms with van der Waals surface area (Å²) in [4.78, 5) is 38.1. The van der Waals surface area contributed by atoms with Gasteiger partial charge in [-0.25, -0.2) is 14.3 Å². The first-order valence-electron chi connectivity index (χ1n) is 10.4. The summed E-state index contributed by atoms with van der Waals surface area (Å²) < 4.78 is 47.0. The normalized spacial score (nSPS) is 11.5. The van der Waals surface area contributed by atoms with Crippen molar-refractivity contribution in [1.29, 1.82) is 0 Å². The molecule has 13 heteroatoms. The summed E-state index contributed by atoms with van der Waals surface area (Å²) in [5.74, 6) is -2.82. The molecule has 9 nitrogen and oxygen atoms in total. The van der Waals surface area contributed by atoms with E-state index in [9.17, 15) is 27.6 Å². The minimum Gasteiger partial charge on any atom is -0.403 e. The summed E-state index contributed by atoms with van der Waals surface area (Å²) in [5.41, 5.74) is -0.955. The van der Waals surface area contributed by atoms with Crippen molar-refractivity contribution in [2.45, 2.75) is 19.6 Å². The number of ether oxygens (including phenoxy) is 1. The molecule has 0 unspecified atom stereocenters. The molecule has 0 aliphatic rings. The van der Waals surface area contributed by atoms with Crippen molar-refractivity contribution in [1.82, 2.24) is 24.1 Å². The molecular formula is C23H17ClF3N5O4. The van der Waals surface area contributed by atoms with Gasteiger partial charge in [0.1, 0.15) is 5.56 Å². The number of hydrogen-bond donors (Lipinski definition) is 0. The van der Waals surface area contributed by atoms with E-state index >= 15 is 0 Å². The molecule has 0 saturated heterocycles. The first kappa shape index (κ1) is 24.9. The molecule has 0 fully saturated rings. The number of ketones is 1. The lowest BCUT2D eigenvalue weighted by Crippen LogP contribution is -2.23. The Balaban J connectivity index is 1.69. The van der Waals surface area contributed by atoms with Gasteiger partial charge in [0.05, 0.1) is 22.5 Å². The molecule has 186 valence electrons. The highest BCUT2D eigenvalue weighted by Gasteiger charge is 2.38. The standard InChI is InChI=1S/C23H17ClF3N5O4/c1-3-31-19(36-20(34)13-7-5-4-6-8-13)16(12-28-31)18(33)15-10-9-14(11-17(15)24)32-22(35)30(2)21(29-32)23(25,26)27/h4-12H,3H2,1-2H3. The van der Waals surface area contributed by atoms with Gasteiger partial charge in [0.25, 0.3) is 0 Å². The predicted molar refractivity (Wildman–Crippen MR) is 122 cm³/mol. The highest BCUT2D eigenvalue weighted by Crippen LogP contribution is 2.29. The Morgan fingerprint density at radius 3 is 2.36 bits per heavy atom. The maximum atomic E-state index is 13.3. The third-order valence-corrected chi connectivity index (χ3v) is 5.52. The Kier molecular flexibility index (Phi) is 6.55. The molecular weight excluding hydrogens is 503 g/mol. The van der Waals surface area contributed by atoms with Crippen LogP contribution in [0.3, 0.4) is 0 Å². The van der Waals surface area contributed by atoms with Gasteiger partial charge in [-0.2, -0.15) is 23.0 Å². The Morgan fingerprint density at radius 2 is 1.78 bits per heavy atom. The van der Waals surface area contributed by atoms with Crippen molar-refractivity contribution >= 4 is 23.4 Å². The second kappa shape index (κ2) is 9.46. The van der Waals surface area contributed by atoms with Crippen LogP contribution in [0, 0.1) is 0 Å². The van der Waals surface area contributed by atoms with E-state index < -0.39 is 29.4 Å². The Labute approximate surface area is 206 Å². The van der Waals surface area contributed by atoms with E-state index in [0.717, 1.165) is 13.1 Å². The van der Waals surface area contributed by atoms with Gasteiger partial charge >= 0.3 is 17.8 Å². The summed E-state index contributed by atoms with van der Waals surface area (Å²) in [6.45, 7) is 2.03. The number of hydrogen-bond acceptors (Lipinski definition) is 6. The van der Waals surface area contributed by atoms with Gasteiger partial charge in [-0.15, -0.1) is 5.10 Å². The molecule has 0 saturated carbocycles. The molecule has 0 atom stereocenters. The summed E-state index contributed by atoms with van der Waals surface area (Å²) >= 11 is 6.28. The van der Waals surface area contributed by atoms with E-state index in [-0.39, 0.29) is 33.3 Å². The number of nitrogens with zero attached hydrogens (tertiary/aromatic N) is 5. The topological polar surface area (TPSA) is 101 Å². The van der Waals surface area contributed by atoms with Gasteiger partial charge in [0.15, 0.2) is 0 Å². The maximum absolute atomic E-state index is 13.3. The first-order chi connectivity index (χ1) is 17.0. The van der Waals surface area contributed by atoms with Crippen LogP contribution < -0.4 is 10.4 Å². The van der Waals surface area contributed by atoms with Crippen LogP contribution in [0.1, 0.15) is 39.0 Å². The predicted octanol–water partition coefficient (Wildman–Crippen LogP) is 3.91. The number of aryl methyl sites for hydroxylation is 1. The largest absolute Gasteiger partial charge is 0.451 e. The molecule has 2 heterocycles. The summed E-state index contributed by atoms with van der Waals surface area (Å²) in [6, 6.07) is 11.8. The molecule has 0 aliphatic heterocycles. The molecule has 2 aromatic carbocycles. The van der Waals surface area contributed by atoms with Gasteiger partial charge in [0.2, 0.25) is 17.5 Å². The molecule has 0 aliphatic carbocycles. The highest BCUT2D eigenvalue weighted by atomic mass is 35.5. The zero-order valence-electron chi connectivity index (χ0n) is 18.8. The number of benzene rings is 2. The third kappa shape index (κ3) is 4.54. The average molecular weight is 520 g/mol. The molecule has 0 radical (unpaired) electrons. The van der Waals surface area contributed by atoms with Crippen molar-refractivity contribution in [2.75, 3.05) is 0 Å². The summed E-state index contributed by atoms with van der Waals surface area (Å²) in [7, 11) is 0.942. The van der Waals surface area contributed by atoms with E-state index in [4.69, 9.17) is 16.3 Å². The lowest BCUT2D eigenvalue weighted by molar-refractivity contribution is -0.147. The van der Waals surface area contributed by atoms with E-state index in [1.54, 1.807) is 37.3 Å². The lowest BCUT2D eigenvalue weighted by Gasteiger charge is -2.10. The zero-order valence-corrected chi connectivity index (χ0v) is 19.5. The van der Waals surface area contributed by atoms with Gasteiger partial charge in [-0.3, -0.25) is 9.36 Å². The number of carbonyl (C=O) groups is 2. The maximum Gasteiger partial charge on any atom is 0.451 e. The molecule has 36 heavy (non-hydrogen) atoms. The summed E-state index contributed by atoms with van der Waals surface area (Å²) in [6.07, 6.45) is -3.62. The summed E-state index contributed by atoms with van der Waals surface area (Å²) in [5, 5.41) is 7.26. The van der Waals surface area contributed by atoms with Crippen molar-refractivity contribution in [3.63, 3.8) is 0 Å². The van der Waals surface area contributed by atoms with E-state index in [1.165, 1.54) is 23.0 Å². The van der Waals surface area contributed by atoms with Crippen LogP contribution in [0.15, 0.2) is 59.5 Å². The molecule has 0 spiro atoms. The third-order valence-electron chi connectivity index (χ3n) is 5.21. The second-order valence-electron chi connectivity index (χ2n) is 7.50. The molecule has 4 rings (SSSR count). The average Bonchev–Trinajstić information content (AvgIpc) is 3.39. The van der Waals surface area contributed by atoms with Gasteiger partial charge in [-0.05, 0) is 37.3 Å². The number of carbonyl (C=O) groups excluding carboxylic acids is 2. The monoisotopic (exact) mass is 519 g/mol.